The zero-order chi connectivity index (χ0) is 13.8. The number of esters is 1. The average Bonchev–Trinajstić information content (AvgIpc) is 2.28. The van der Waals surface area contributed by atoms with E-state index in [1.165, 1.54) is 31.3 Å². The van der Waals surface area contributed by atoms with Gasteiger partial charge in [0.2, 0.25) is 0 Å². The van der Waals surface area contributed by atoms with E-state index in [0.717, 1.165) is 12.0 Å². The molecule has 0 heterocycles. The summed E-state index contributed by atoms with van der Waals surface area (Å²) in [5.74, 6) is -0.706. The van der Waals surface area contributed by atoms with Crippen LogP contribution in [0.5, 0.6) is 0 Å². The Morgan fingerprint density at radius 2 is 1.89 bits per heavy atom. The molecule has 1 aromatic rings. The van der Waals surface area contributed by atoms with Crippen molar-refractivity contribution in [3.8, 4) is 0 Å². The first-order valence-electron chi connectivity index (χ1n) is 5.25. The van der Waals surface area contributed by atoms with Gasteiger partial charge >= 0.3 is 12.1 Å². The Kier molecular flexibility index (Phi) is 4.72. The minimum atomic E-state index is -4.45. The molecule has 18 heavy (non-hydrogen) atoms. The molecule has 6 heteroatoms. The van der Waals surface area contributed by atoms with Crippen molar-refractivity contribution in [3.63, 3.8) is 0 Å². The Hall–Kier alpha value is -1.56. The van der Waals surface area contributed by atoms with E-state index in [2.05, 4.69) is 4.74 Å². The van der Waals surface area contributed by atoms with Crippen molar-refractivity contribution >= 4 is 5.97 Å². The minimum Gasteiger partial charge on any atom is -0.468 e. The van der Waals surface area contributed by atoms with Crippen LogP contribution in [0.15, 0.2) is 30.3 Å². The summed E-state index contributed by atoms with van der Waals surface area (Å²) >= 11 is 0. The maximum Gasteiger partial charge on any atom is 0.408 e. The van der Waals surface area contributed by atoms with Gasteiger partial charge in [-0.25, -0.2) is 0 Å². The molecule has 0 bridgehead atoms. The Morgan fingerprint density at radius 1 is 1.33 bits per heavy atom. The maximum atomic E-state index is 13.0. The Morgan fingerprint density at radius 3 is 2.33 bits per heavy atom. The molecule has 0 fully saturated rings. The fraction of sp³-hybridized carbons (Fsp3) is 0.417. The molecule has 0 amide bonds. The molecular weight excluding hydrogens is 247 g/mol. The fourth-order valence-corrected chi connectivity index (χ4v) is 1.69. The molecule has 100 valence electrons. The Balaban J connectivity index is 2.97. The highest BCUT2D eigenvalue weighted by Gasteiger charge is 2.43. The average molecular weight is 261 g/mol. The highest BCUT2D eigenvalue weighted by atomic mass is 19.4. The zero-order valence-electron chi connectivity index (χ0n) is 10.1. The monoisotopic (exact) mass is 261 g/mol. The Labute approximate surface area is 103 Å². The van der Waals surface area contributed by atoms with Crippen molar-refractivity contribution < 1.29 is 22.7 Å². The largest absolute Gasteiger partial charge is 0.468 e. The van der Waals surface area contributed by atoms with E-state index in [-0.39, 0.29) is 5.56 Å². The SMILES string of the molecule is COC(=O)CN(C)[C@@H](c1ccccc1)C(F)(F)F. The van der Waals surface area contributed by atoms with Gasteiger partial charge in [0.25, 0.3) is 0 Å². The molecule has 0 saturated heterocycles. The predicted octanol–water partition coefficient (Wildman–Crippen LogP) is 2.39. The minimum absolute atomic E-state index is 0.0939. The number of halogens is 3. The molecule has 0 aliphatic heterocycles. The van der Waals surface area contributed by atoms with Crippen LogP contribution in [0.3, 0.4) is 0 Å². The predicted molar refractivity (Wildman–Crippen MR) is 59.9 cm³/mol. The maximum absolute atomic E-state index is 13.0. The van der Waals surface area contributed by atoms with Gasteiger partial charge in [-0.2, -0.15) is 13.2 Å². The molecule has 1 rings (SSSR count). The molecule has 0 aromatic heterocycles. The lowest BCUT2D eigenvalue weighted by atomic mass is 10.1. The number of carbonyl (C=O) groups is 1. The second-order valence-corrected chi connectivity index (χ2v) is 3.85. The van der Waals surface area contributed by atoms with Gasteiger partial charge < -0.3 is 4.74 Å². The highest BCUT2D eigenvalue weighted by molar-refractivity contribution is 5.71. The molecule has 0 unspecified atom stereocenters. The van der Waals surface area contributed by atoms with Gasteiger partial charge in [0.05, 0.1) is 13.7 Å². The summed E-state index contributed by atoms with van der Waals surface area (Å²) < 4.78 is 43.4. The van der Waals surface area contributed by atoms with Gasteiger partial charge in [-0.3, -0.25) is 9.69 Å². The van der Waals surface area contributed by atoms with Gasteiger partial charge in [0.1, 0.15) is 6.04 Å². The van der Waals surface area contributed by atoms with Gasteiger partial charge in [0.15, 0.2) is 0 Å². The van der Waals surface area contributed by atoms with Crippen LogP contribution in [0.1, 0.15) is 11.6 Å². The first kappa shape index (κ1) is 14.5. The van der Waals surface area contributed by atoms with E-state index in [4.69, 9.17) is 0 Å². The third kappa shape index (κ3) is 3.73. The number of alkyl halides is 3. The van der Waals surface area contributed by atoms with Crippen LogP contribution in [0, 0.1) is 0 Å². The molecule has 3 nitrogen and oxygen atoms in total. The van der Waals surface area contributed by atoms with E-state index < -0.39 is 24.7 Å². The van der Waals surface area contributed by atoms with Crippen LogP contribution in [-0.2, 0) is 9.53 Å². The van der Waals surface area contributed by atoms with E-state index in [9.17, 15) is 18.0 Å². The number of carbonyl (C=O) groups excluding carboxylic acids is 1. The number of nitrogens with zero attached hydrogens (tertiary/aromatic N) is 1. The molecule has 0 N–H and O–H groups in total. The standard InChI is InChI=1S/C12H14F3NO2/c1-16(8-10(17)18-2)11(12(13,14)15)9-6-4-3-5-7-9/h3-7,11H,8H2,1-2H3/t11-/m0/s1. The summed E-state index contributed by atoms with van der Waals surface area (Å²) in [6.07, 6.45) is -4.45. The molecule has 1 atom stereocenters. The van der Waals surface area contributed by atoms with Crippen molar-refractivity contribution in [3.05, 3.63) is 35.9 Å². The van der Waals surface area contributed by atoms with Crippen LogP contribution in [-0.4, -0.2) is 37.7 Å². The van der Waals surface area contributed by atoms with Gasteiger partial charge in [-0.1, -0.05) is 30.3 Å². The lowest BCUT2D eigenvalue weighted by Gasteiger charge is -2.29. The molecular formula is C12H14F3NO2. The van der Waals surface area contributed by atoms with E-state index in [1.54, 1.807) is 6.07 Å². The lowest BCUT2D eigenvalue weighted by Crippen LogP contribution is -2.39. The normalized spacial score (nSPS) is 13.4. The first-order valence-corrected chi connectivity index (χ1v) is 5.25. The van der Waals surface area contributed by atoms with Crippen molar-refractivity contribution in [2.24, 2.45) is 0 Å². The third-order valence-corrected chi connectivity index (χ3v) is 2.47. The quantitative estimate of drug-likeness (QED) is 0.779. The highest BCUT2D eigenvalue weighted by Crippen LogP contribution is 2.36. The summed E-state index contributed by atoms with van der Waals surface area (Å²) in [4.78, 5) is 12.0. The lowest BCUT2D eigenvalue weighted by molar-refractivity contribution is -0.185. The molecule has 0 saturated carbocycles. The van der Waals surface area contributed by atoms with Crippen molar-refractivity contribution in [2.75, 3.05) is 20.7 Å². The van der Waals surface area contributed by atoms with E-state index in [0.29, 0.717) is 0 Å². The van der Waals surface area contributed by atoms with Crippen LogP contribution in [0.25, 0.3) is 0 Å². The zero-order valence-corrected chi connectivity index (χ0v) is 10.1. The van der Waals surface area contributed by atoms with Crippen LogP contribution in [0.4, 0.5) is 13.2 Å². The van der Waals surface area contributed by atoms with Gasteiger partial charge in [0, 0.05) is 0 Å². The molecule has 0 radical (unpaired) electrons. The summed E-state index contributed by atoms with van der Waals surface area (Å²) in [6.45, 7) is -0.421. The number of hydrogen-bond acceptors (Lipinski definition) is 3. The Bertz CT molecular complexity index is 392. The summed E-state index contributed by atoms with van der Waals surface area (Å²) in [7, 11) is 2.38. The summed E-state index contributed by atoms with van der Waals surface area (Å²) in [5, 5.41) is 0. The van der Waals surface area contributed by atoms with Crippen LogP contribution in [0.2, 0.25) is 0 Å². The smallest absolute Gasteiger partial charge is 0.408 e. The van der Waals surface area contributed by atoms with E-state index in [1.807, 2.05) is 0 Å². The number of rotatable bonds is 4. The van der Waals surface area contributed by atoms with Crippen LogP contribution < -0.4 is 0 Å². The van der Waals surface area contributed by atoms with Crippen molar-refractivity contribution in [2.45, 2.75) is 12.2 Å². The second-order valence-electron chi connectivity index (χ2n) is 3.85. The van der Waals surface area contributed by atoms with Crippen molar-refractivity contribution in [1.82, 2.24) is 4.90 Å². The number of ether oxygens (including phenoxy) is 1. The summed E-state index contributed by atoms with van der Waals surface area (Å²) in [5.41, 5.74) is 0.0939. The molecule has 0 aliphatic rings. The second kappa shape index (κ2) is 5.86. The topological polar surface area (TPSA) is 29.5 Å². The number of likely N-dealkylation sites (N-methyl/N-ethyl adjacent to an activating group) is 1. The van der Waals surface area contributed by atoms with Crippen LogP contribution >= 0.6 is 0 Å². The van der Waals surface area contributed by atoms with Gasteiger partial charge in [-0.05, 0) is 12.6 Å². The van der Waals surface area contributed by atoms with Gasteiger partial charge in [-0.15, -0.1) is 0 Å². The number of hydrogen-bond donors (Lipinski definition) is 0. The summed E-state index contributed by atoms with van der Waals surface area (Å²) in [6, 6.07) is 5.63. The molecule has 0 aliphatic carbocycles. The third-order valence-electron chi connectivity index (χ3n) is 2.47. The fourth-order valence-electron chi connectivity index (χ4n) is 1.69. The molecule has 1 aromatic carbocycles. The number of methoxy groups -OCH3 is 1. The molecule has 0 spiro atoms. The first-order chi connectivity index (χ1) is 8.36. The van der Waals surface area contributed by atoms with Crippen molar-refractivity contribution in [1.29, 1.82) is 0 Å². The van der Waals surface area contributed by atoms with E-state index >= 15 is 0 Å². The number of benzene rings is 1.